The van der Waals surface area contributed by atoms with E-state index in [-0.39, 0.29) is 11.9 Å². The van der Waals surface area contributed by atoms with Gasteiger partial charge in [0.25, 0.3) is 5.91 Å². The minimum atomic E-state index is -0.0509. The Balaban J connectivity index is 1.43. The lowest BCUT2D eigenvalue weighted by atomic mass is 9.71. The van der Waals surface area contributed by atoms with E-state index in [1.54, 1.807) is 10.7 Å². The first-order valence-corrected chi connectivity index (χ1v) is 13.1. The first kappa shape index (κ1) is 25.2. The zero-order chi connectivity index (χ0) is 24.7. The lowest BCUT2D eigenvalue weighted by Crippen LogP contribution is -2.48. The van der Waals surface area contributed by atoms with Crippen molar-refractivity contribution in [1.29, 1.82) is 0 Å². The number of carbonyl (C=O) groups is 1. The van der Waals surface area contributed by atoms with E-state index >= 15 is 0 Å². The summed E-state index contributed by atoms with van der Waals surface area (Å²) >= 11 is 6.70. The number of halogens is 1. The highest BCUT2D eigenvalue weighted by Crippen LogP contribution is 2.42. The normalized spacial score (nSPS) is 19.4. The van der Waals surface area contributed by atoms with Crippen LogP contribution >= 0.6 is 11.6 Å². The SMILES string of the molecule is Cc1cc(-c2nn(C(C)C)c(Cl)c2C(=O)N2CCC3(CCN(CCC(C)(C)C)CC3)CC2)no1. The number of carbonyl (C=O) groups excluding carboxylic acids is 1. The number of rotatable bonds is 5. The van der Waals surface area contributed by atoms with Crippen LogP contribution in [0.1, 0.15) is 88.9 Å². The maximum absolute atomic E-state index is 13.7. The molecule has 1 amide bonds. The fourth-order valence-electron chi connectivity index (χ4n) is 5.19. The third-order valence-corrected chi connectivity index (χ3v) is 7.99. The lowest BCUT2D eigenvalue weighted by Gasteiger charge is -2.47. The van der Waals surface area contributed by atoms with Gasteiger partial charge in [-0.15, -0.1) is 0 Å². The second-order valence-electron chi connectivity index (χ2n) is 11.8. The van der Waals surface area contributed by atoms with Crippen LogP contribution < -0.4 is 0 Å². The quantitative estimate of drug-likeness (QED) is 0.528. The number of aryl methyl sites for hydroxylation is 1. The Bertz CT molecular complexity index is 1000. The zero-order valence-corrected chi connectivity index (χ0v) is 22.4. The van der Waals surface area contributed by atoms with Crippen molar-refractivity contribution in [3.63, 3.8) is 0 Å². The standard InChI is InChI=1S/C26H40ClN5O2/c1-18(2)32-23(27)21(22(28-32)20-17-19(3)34-29-20)24(33)31-15-10-26(11-16-31)8-13-30(14-9-26)12-7-25(4,5)6/h17-18H,7-16H2,1-6H3. The monoisotopic (exact) mass is 489 g/mol. The van der Waals surface area contributed by atoms with Crippen LogP contribution in [0.25, 0.3) is 11.4 Å². The van der Waals surface area contributed by atoms with Gasteiger partial charge in [0.2, 0.25) is 0 Å². The molecule has 0 bridgehead atoms. The van der Waals surface area contributed by atoms with Gasteiger partial charge < -0.3 is 14.3 Å². The Morgan fingerprint density at radius 1 is 1.15 bits per heavy atom. The molecule has 0 unspecified atom stereocenters. The van der Waals surface area contributed by atoms with Crippen molar-refractivity contribution >= 4 is 17.5 Å². The van der Waals surface area contributed by atoms with Crippen LogP contribution in [0.5, 0.6) is 0 Å². The summed E-state index contributed by atoms with van der Waals surface area (Å²) in [5, 5.41) is 9.13. The molecule has 0 aliphatic carbocycles. The molecule has 0 radical (unpaired) electrons. The molecule has 2 aromatic heterocycles. The van der Waals surface area contributed by atoms with Crippen LogP contribution in [0.4, 0.5) is 0 Å². The predicted octanol–water partition coefficient (Wildman–Crippen LogP) is 5.84. The van der Waals surface area contributed by atoms with Crippen LogP contribution in [-0.4, -0.2) is 63.4 Å². The van der Waals surface area contributed by atoms with Gasteiger partial charge >= 0.3 is 0 Å². The largest absolute Gasteiger partial charge is 0.361 e. The summed E-state index contributed by atoms with van der Waals surface area (Å²) in [4.78, 5) is 18.3. The number of piperidine rings is 2. The summed E-state index contributed by atoms with van der Waals surface area (Å²) in [5.74, 6) is 0.627. The third kappa shape index (κ3) is 5.35. The van der Waals surface area contributed by atoms with E-state index in [1.165, 1.54) is 38.9 Å². The lowest BCUT2D eigenvalue weighted by molar-refractivity contribution is 0.0283. The summed E-state index contributed by atoms with van der Waals surface area (Å²) < 4.78 is 6.96. The highest BCUT2D eigenvalue weighted by molar-refractivity contribution is 6.33. The number of hydrogen-bond acceptors (Lipinski definition) is 5. The van der Waals surface area contributed by atoms with E-state index < -0.39 is 0 Å². The molecule has 8 heteroatoms. The van der Waals surface area contributed by atoms with Crippen molar-refractivity contribution in [2.75, 3.05) is 32.7 Å². The number of amides is 1. The molecule has 0 aromatic carbocycles. The topological polar surface area (TPSA) is 67.4 Å². The summed E-state index contributed by atoms with van der Waals surface area (Å²) in [7, 11) is 0. The Morgan fingerprint density at radius 3 is 2.29 bits per heavy atom. The summed E-state index contributed by atoms with van der Waals surface area (Å²) in [6.45, 7) is 17.9. The van der Waals surface area contributed by atoms with Crippen molar-refractivity contribution < 1.29 is 9.32 Å². The molecular weight excluding hydrogens is 450 g/mol. The van der Waals surface area contributed by atoms with Gasteiger partial charge in [-0.05, 0) is 83.3 Å². The minimum Gasteiger partial charge on any atom is -0.361 e. The van der Waals surface area contributed by atoms with Gasteiger partial charge in [0, 0.05) is 25.2 Å². The minimum absolute atomic E-state index is 0.0360. The first-order valence-electron chi connectivity index (χ1n) is 12.7. The van der Waals surface area contributed by atoms with Crippen LogP contribution in [0.3, 0.4) is 0 Å². The highest BCUT2D eigenvalue weighted by Gasteiger charge is 2.40. The van der Waals surface area contributed by atoms with Gasteiger partial charge in [0.1, 0.15) is 27.9 Å². The summed E-state index contributed by atoms with van der Waals surface area (Å²) in [5.41, 5.74) is 2.25. The van der Waals surface area contributed by atoms with Crippen LogP contribution in [0, 0.1) is 17.8 Å². The van der Waals surface area contributed by atoms with Gasteiger partial charge in [-0.25, -0.2) is 4.68 Å². The van der Waals surface area contributed by atoms with Crippen LogP contribution in [0.15, 0.2) is 10.6 Å². The Kier molecular flexibility index (Phi) is 7.16. The molecule has 4 heterocycles. The molecule has 0 N–H and O–H groups in total. The zero-order valence-electron chi connectivity index (χ0n) is 21.7. The van der Waals surface area contributed by atoms with Crippen LogP contribution in [0.2, 0.25) is 5.15 Å². The predicted molar refractivity (Wildman–Crippen MR) is 135 cm³/mol. The van der Waals surface area contributed by atoms with E-state index in [2.05, 4.69) is 35.9 Å². The smallest absolute Gasteiger partial charge is 0.259 e. The average Bonchev–Trinajstić information content (AvgIpc) is 3.36. The molecule has 2 fully saturated rings. The van der Waals surface area contributed by atoms with Gasteiger partial charge in [-0.2, -0.15) is 5.10 Å². The molecule has 0 saturated carbocycles. The van der Waals surface area contributed by atoms with E-state index in [0.29, 0.717) is 38.7 Å². The van der Waals surface area contributed by atoms with Crippen molar-refractivity contribution in [3.8, 4) is 11.4 Å². The molecule has 2 aromatic rings. The van der Waals surface area contributed by atoms with Crippen molar-refractivity contribution in [1.82, 2.24) is 24.7 Å². The maximum atomic E-state index is 13.7. The van der Waals surface area contributed by atoms with Gasteiger partial charge in [-0.3, -0.25) is 4.79 Å². The van der Waals surface area contributed by atoms with Crippen LogP contribution in [-0.2, 0) is 0 Å². The number of likely N-dealkylation sites (tertiary alicyclic amines) is 2. The molecule has 188 valence electrons. The molecule has 0 atom stereocenters. The molecule has 4 rings (SSSR count). The molecule has 2 saturated heterocycles. The Labute approximate surface area is 208 Å². The second kappa shape index (κ2) is 9.65. The van der Waals surface area contributed by atoms with E-state index in [4.69, 9.17) is 16.1 Å². The van der Waals surface area contributed by atoms with E-state index in [1.807, 2.05) is 25.7 Å². The van der Waals surface area contributed by atoms with Gasteiger partial charge in [0.05, 0.1) is 0 Å². The van der Waals surface area contributed by atoms with Gasteiger partial charge in [0.15, 0.2) is 0 Å². The maximum Gasteiger partial charge on any atom is 0.259 e. The number of hydrogen-bond donors (Lipinski definition) is 0. The fraction of sp³-hybridized carbons (Fsp3) is 0.731. The molecule has 34 heavy (non-hydrogen) atoms. The molecular formula is C26H40ClN5O2. The fourth-order valence-corrected chi connectivity index (χ4v) is 5.59. The molecule has 2 aliphatic rings. The van der Waals surface area contributed by atoms with Gasteiger partial charge in [-0.1, -0.05) is 37.5 Å². The molecule has 2 aliphatic heterocycles. The summed E-state index contributed by atoms with van der Waals surface area (Å²) in [6.07, 6.45) is 5.81. The van der Waals surface area contributed by atoms with E-state index in [0.717, 1.165) is 25.9 Å². The Hall–Kier alpha value is -1.86. The van der Waals surface area contributed by atoms with Crippen molar-refractivity contribution in [2.24, 2.45) is 10.8 Å². The third-order valence-electron chi connectivity index (χ3n) is 7.63. The number of nitrogens with zero attached hydrogens (tertiary/aromatic N) is 5. The molecule has 7 nitrogen and oxygen atoms in total. The number of aromatic nitrogens is 3. The van der Waals surface area contributed by atoms with Crippen molar-refractivity contribution in [2.45, 2.75) is 79.7 Å². The second-order valence-corrected chi connectivity index (χ2v) is 12.2. The average molecular weight is 490 g/mol. The van der Waals surface area contributed by atoms with E-state index in [9.17, 15) is 4.79 Å². The Morgan fingerprint density at radius 2 is 1.76 bits per heavy atom. The first-order chi connectivity index (χ1) is 16.0. The van der Waals surface area contributed by atoms with Crippen molar-refractivity contribution in [3.05, 3.63) is 22.5 Å². The molecule has 1 spiro atoms. The highest BCUT2D eigenvalue weighted by atomic mass is 35.5. The summed E-state index contributed by atoms with van der Waals surface area (Å²) in [6, 6.07) is 1.84.